The van der Waals surface area contributed by atoms with Crippen LogP contribution in [-0.2, 0) is 6.42 Å². The minimum Gasteiger partial charge on any atom is -0.396 e. The maximum Gasteiger partial charge on any atom is 0.181 e. The lowest BCUT2D eigenvalue weighted by Gasteiger charge is -2.05. The van der Waals surface area contributed by atoms with Crippen molar-refractivity contribution >= 4 is 0 Å². The van der Waals surface area contributed by atoms with E-state index in [1.54, 1.807) is 41.1 Å². The summed E-state index contributed by atoms with van der Waals surface area (Å²) in [5.74, 6) is 0.881. The fourth-order valence-electron chi connectivity index (χ4n) is 2.35. The van der Waals surface area contributed by atoms with E-state index in [2.05, 4.69) is 16.2 Å². The fourth-order valence-corrected chi connectivity index (χ4v) is 2.35. The molecule has 0 saturated carbocycles. The maximum absolute atomic E-state index is 13.1. The number of benzene rings is 2. The molecule has 0 aliphatic carbocycles. The molecular formula is C18H15FN4O. The van der Waals surface area contributed by atoms with E-state index in [9.17, 15) is 4.39 Å². The molecule has 0 radical (unpaired) electrons. The van der Waals surface area contributed by atoms with Crippen LogP contribution in [0.2, 0.25) is 0 Å². The van der Waals surface area contributed by atoms with Gasteiger partial charge in [-0.3, -0.25) is 0 Å². The van der Waals surface area contributed by atoms with Gasteiger partial charge in [-0.15, -0.1) is 5.10 Å². The Morgan fingerprint density at radius 1 is 1.08 bits per heavy atom. The molecule has 3 rings (SSSR count). The summed E-state index contributed by atoms with van der Waals surface area (Å²) in [7, 11) is 0. The highest BCUT2D eigenvalue weighted by atomic mass is 19.1. The fraction of sp³-hybridized carbons (Fsp3) is 0.167. The molecular weight excluding hydrogens is 307 g/mol. The van der Waals surface area contributed by atoms with E-state index in [-0.39, 0.29) is 12.4 Å². The zero-order chi connectivity index (χ0) is 16.9. The van der Waals surface area contributed by atoms with Crippen LogP contribution in [0, 0.1) is 17.1 Å². The number of aliphatic hydroxyl groups excluding tert-OH is 1. The third kappa shape index (κ3) is 3.31. The molecule has 0 spiro atoms. The number of aromatic nitrogens is 3. The van der Waals surface area contributed by atoms with E-state index in [0.29, 0.717) is 35.6 Å². The van der Waals surface area contributed by atoms with E-state index >= 15 is 0 Å². The van der Waals surface area contributed by atoms with Gasteiger partial charge in [-0.25, -0.2) is 14.1 Å². The van der Waals surface area contributed by atoms with Gasteiger partial charge in [0.1, 0.15) is 11.6 Å². The van der Waals surface area contributed by atoms with Crippen LogP contribution < -0.4 is 0 Å². The third-order valence-corrected chi connectivity index (χ3v) is 3.58. The Hall–Kier alpha value is -3.04. The van der Waals surface area contributed by atoms with Crippen molar-refractivity contribution in [2.45, 2.75) is 12.8 Å². The van der Waals surface area contributed by atoms with Crippen molar-refractivity contribution in [1.29, 1.82) is 5.26 Å². The average molecular weight is 322 g/mol. The summed E-state index contributed by atoms with van der Waals surface area (Å²) in [6.45, 7) is 0.0616. The molecule has 0 aliphatic heterocycles. The normalized spacial score (nSPS) is 10.5. The first-order valence-corrected chi connectivity index (χ1v) is 7.54. The van der Waals surface area contributed by atoms with E-state index in [1.807, 2.05) is 0 Å². The summed E-state index contributed by atoms with van der Waals surface area (Å²) in [6, 6.07) is 15.1. The molecule has 0 saturated heterocycles. The van der Waals surface area contributed by atoms with Crippen LogP contribution in [0.4, 0.5) is 4.39 Å². The van der Waals surface area contributed by atoms with Gasteiger partial charge in [0.25, 0.3) is 0 Å². The Kier molecular flexibility index (Phi) is 4.64. The first kappa shape index (κ1) is 15.8. The van der Waals surface area contributed by atoms with Crippen molar-refractivity contribution in [1.82, 2.24) is 14.8 Å². The topological polar surface area (TPSA) is 74.7 Å². The van der Waals surface area contributed by atoms with Crippen molar-refractivity contribution in [2.24, 2.45) is 0 Å². The van der Waals surface area contributed by atoms with E-state index < -0.39 is 0 Å². The number of aryl methyl sites for hydroxylation is 1. The lowest BCUT2D eigenvalue weighted by atomic mass is 10.2. The molecule has 1 N–H and O–H groups in total. The Labute approximate surface area is 138 Å². The SMILES string of the molecule is N#Cc1ccc(-n2nc(-c3ccc(F)cc3)nc2CCCO)cc1. The van der Waals surface area contributed by atoms with Crippen molar-refractivity contribution in [3.63, 3.8) is 0 Å². The average Bonchev–Trinajstić information content (AvgIpc) is 3.04. The van der Waals surface area contributed by atoms with Crippen LogP contribution >= 0.6 is 0 Å². The highest BCUT2D eigenvalue weighted by Crippen LogP contribution is 2.20. The summed E-state index contributed by atoms with van der Waals surface area (Å²) in [5.41, 5.74) is 2.06. The Bertz CT molecular complexity index is 864. The number of hydrogen-bond acceptors (Lipinski definition) is 4. The highest BCUT2D eigenvalue weighted by molar-refractivity contribution is 5.55. The molecule has 0 fully saturated rings. The van der Waals surface area contributed by atoms with Crippen molar-refractivity contribution in [3.05, 3.63) is 65.7 Å². The predicted octanol–water partition coefficient (Wildman–Crippen LogP) is 2.87. The second kappa shape index (κ2) is 7.02. The predicted molar refractivity (Wildman–Crippen MR) is 86.9 cm³/mol. The quantitative estimate of drug-likeness (QED) is 0.784. The number of rotatable bonds is 5. The lowest BCUT2D eigenvalue weighted by Crippen LogP contribution is -2.04. The molecule has 0 amide bonds. The molecule has 0 unspecified atom stereocenters. The van der Waals surface area contributed by atoms with Crippen molar-refractivity contribution < 1.29 is 9.50 Å². The van der Waals surface area contributed by atoms with Gasteiger partial charge in [-0.05, 0) is 55.0 Å². The summed E-state index contributed by atoms with van der Waals surface area (Å²) < 4.78 is 14.8. The van der Waals surface area contributed by atoms with Gasteiger partial charge < -0.3 is 5.11 Å². The standard InChI is InChI=1S/C18H15FN4O/c19-15-7-5-14(6-8-15)18-21-17(2-1-11-24)23(22-18)16-9-3-13(12-20)4-10-16/h3-10,24H,1-2,11H2. The molecule has 24 heavy (non-hydrogen) atoms. The van der Waals surface area contributed by atoms with E-state index in [4.69, 9.17) is 10.4 Å². The summed E-state index contributed by atoms with van der Waals surface area (Å²) in [6.07, 6.45) is 1.13. The Morgan fingerprint density at radius 2 is 1.79 bits per heavy atom. The number of halogens is 1. The third-order valence-electron chi connectivity index (χ3n) is 3.58. The van der Waals surface area contributed by atoms with Gasteiger partial charge in [-0.2, -0.15) is 5.26 Å². The molecule has 1 heterocycles. The van der Waals surface area contributed by atoms with Crippen LogP contribution in [-0.4, -0.2) is 26.5 Å². The largest absolute Gasteiger partial charge is 0.396 e. The molecule has 6 heteroatoms. The second-order valence-electron chi connectivity index (χ2n) is 5.26. The lowest BCUT2D eigenvalue weighted by molar-refractivity contribution is 0.287. The molecule has 120 valence electrons. The summed E-state index contributed by atoms with van der Waals surface area (Å²) in [5, 5.41) is 22.5. The molecule has 1 aromatic heterocycles. The van der Waals surface area contributed by atoms with Gasteiger partial charge in [0, 0.05) is 18.6 Å². The first-order chi connectivity index (χ1) is 11.7. The van der Waals surface area contributed by atoms with Gasteiger partial charge >= 0.3 is 0 Å². The zero-order valence-electron chi connectivity index (χ0n) is 12.9. The van der Waals surface area contributed by atoms with Crippen LogP contribution in [0.5, 0.6) is 0 Å². The zero-order valence-corrected chi connectivity index (χ0v) is 12.9. The van der Waals surface area contributed by atoms with Crippen LogP contribution in [0.25, 0.3) is 17.1 Å². The molecule has 5 nitrogen and oxygen atoms in total. The Morgan fingerprint density at radius 3 is 2.42 bits per heavy atom. The highest BCUT2D eigenvalue weighted by Gasteiger charge is 2.13. The molecule has 0 bridgehead atoms. The number of hydrogen-bond donors (Lipinski definition) is 1. The van der Waals surface area contributed by atoms with Gasteiger partial charge in [-0.1, -0.05) is 0 Å². The van der Waals surface area contributed by atoms with Crippen LogP contribution in [0.3, 0.4) is 0 Å². The van der Waals surface area contributed by atoms with E-state index in [1.165, 1.54) is 12.1 Å². The second-order valence-corrected chi connectivity index (χ2v) is 5.26. The number of aliphatic hydroxyl groups is 1. The Balaban J connectivity index is 2.02. The molecule has 0 atom stereocenters. The molecule has 0 aliphatic rings. The summed E-state index contributed by atoms with van der Waals surface area (Å²) in [4.78, 5) is 4.52. The van der Waals surface area contributed by atoms with Gasteiger partial charge in [0.15, 0.2) is 5.82 Å². The van der Waals surface area contributed by atoms with Crippen molar-refractivity contribution in [2.75, 3.05) is 6.61 Å². The van der Waals surface area contributed by atoms with Crippen LogP contribution in [0.1, 0.15) is 17.8 Å². The van der Waals surface area contributed by atoms with E-state index in [0.717, 1.165) is 5.69 Å². The van der Waals surface area contributed by atoms with Gasteiger partial charge in [0.05, 0.1) is 17.3 Å². The first-order valence-electron chi connectivity index (χ1n) is 7.54. The number of nitriles is 1. The smallest absolute Gasteiger partial charge is 0.181 e. The van der Waals surface area contributed by atoms with Crippen molar-refractivity contribution in [3.8, 4) is 23.1 Å². The molecule has 3 aromatic rings. The minimum atomic E-state index is -0.314. The monoisotopic (exact) mass is 322 g/mol. The van der Waals surface area contributed by atoms with Crippen LogP contribution in [0.15, 0.2) is 48.5 Å². The summed E-state index contributed by atoms with van der Waals surface area (Å²) >= 11 is 0. The van der Waals surface area contributed by atoms with Gasteiger partial charge in [0.2, 0.25) is 0 Å². The maximum atomic E-state index is 13.1. The minimum absolute atomic E-state index is 0.0616. The number of nitrogens with zero attached hydrogens (tertiary/aromatic N) is 4. The molecule has 2 aromatic carbocycles.